The molecule has 0 aliphatic rings. The molecular formula is C21H21ClF4N4O2S. The summed E-state index contributed by atoms with van der Waals surface area (Å²) in [5.41, 5.74) is -2.94. The Morgan fingerprint density at radius 2 is 1.79 bits per heavy atom. The minimum Gasteiger partial charge on any atom is -0.340 e. The van der Waals surface area contributed by atoms with Crippen LogP contribution in [0.15, 0.2) is 41.1 Å². The number of nitrogens with one attached hydrogen (secondary N) is 1. The first-order valence-corrected chi connectivity index (χ1v) is 11.2. The molecular weight excluding hydrogens is 484 g/mol. The van der Waals surface area contributed by atoms with Crippen molar-refractivity contribution < 1.29 is 26.3 Å². The lowest BCUT2D eigenvalue weighted by Crippen LogP contribution is -2.51. The molecule has 0 unspecified atom stereocenters. The van der Waals surface area contributed by atoms with E-state index in [1.54, 1.807) is 27.7 Å². The predicted octanol–water partition coefficient (Wildman–Crippen LogP) is 5.12. The maximum Gasteiger partial charge on any atom is 0.416 e. The van der Waals surface area contributed by atoms with Crippen molar-refractivity contribution in [3.8, 4) is 0 Å². The van der Waals surface area contributed by atoms with Gasteiger partial charge >= 0.3 is 6.18 Å². The molecule has 2 aromatic heterocycles. The van der Waals surface area contributed by atoms with Crippen LogP contribution in [-0.4, -0.2) is 24.1 Å². The van der Waals surface area contributed by atoms with Crippen LogP contribution in [0, 0.1) is 12.7 Å². The van der Waals surface area contributed by atoms with Crippen LogP contribution in [0.25, 0.3) is 0 Å². The third-order valence-electron chi connectivity index (χ3n) is 4.70. The van der Waals surface area contributed by atoms with Gasteiger partial charge in [-0.2, -0.15) is 18.2 Å². The van der Waals surface area contributed by atoms with E-state index in [4.69, 9.17) is 16.1 Å². The summed E-state index contributed by atoms with van der Waals surface area (Å²) in [7, 11) is -1.83. The Hall–Kier alpha value is -2.37. The van der Waals surface area contributed by atoms with Gasteiger partial charge in [0.1, 0.15) is 11.4 Å². The van der Waals surface area contributed by atoms with Gasteiger partial charge in [0.2, 0.25) is 5.89 Å². The van der Waals surface area contributed by atoms with E-state index in [-0.39, 0.29) is 34.4 Å². The largest absolute Gasteiger partial charge is 0.416 e. The zero-order chi connectivity index (χ0) is 24.6. The molecule has 2 heterocycles. The third-order valence-corrected chi connectivity index (χ3v) is 6.57. The van der Waals surface area contributed by atoms with Crippen LogP contribution in [0.3, 0.4) is 0 Å². The van der Waals surface area contributed by atoms with Crippen LogP contribution < -0.4 is 4.72 Å². The van der Waals surface area contributed by atoms with Gasteiger partial charge in [-0.3, -0.25) is 4.98 Å². The summed E-state index contributed by atoms with van der Waals surface area (Å²) < 4.78 is 75.5. The molecule has 3 rings (SSSR count). The van der Waals surface area contributed by atoms with Crippen molar-refractivity contribution in [3.63, 3.8) is 0 Å². The van der Waals surface area contributed by atoms with E-state index in [0.717, 1.165) is 12.1 Å². The summed E-state index contributed by atoms with van der Waals surface area (Å²) in [6.07, 6.45) is -3.76. The second-order valence-electron chi connectivity index (χ2n) is 8.38. The van der Waals surface area contributed by atoms with Crippen molar-refractivity contribution >= 4 is 22.6 Å². The smallest absolute Gasteiger partial charge is 0.340 e. The van der Waals surface area contributed by atoms with E-state index >= 15 is 0 Å². The number of nitrogens with zero attached hydrogens (tertiary/aromatic N) is 3. The van der Waals surface area contributed by atoms with Gasteiger partial charge in [-0.1, -0.05) is 16.8 Å². The number of hydrogen-bond donors (Lipinski definition) is 1. The van der Waals surface area contributed by atoms with Gasteiger partial charge in [0.15, 0.2) is 5.82 Å². The minimum absolute atomic E-state index is 0.0977. The third kappa shape index (κ3) is 5.77. The minimum atomic E-state index is -4.82. The normalized spacial score (nSPS) is 15.3. The highest BCUT2D eigenvalue weighted by Gasteiger charge is 2.43. The molecule has 3 aromatic rings. The van der Waals surface area contributed by atoms with E-state index in [2.05, 4.69) is 19.8 Å². The first-order valence-electron chi connectivity index (χ1n) is 9.70. The van der Waals surface area contributed by atoms with Gasteiger partial charge < -0.3 is 4.52 Å². The van der Waals surface area contributed by atoms with E-state index in [0.29, 0.717) is 6.07 Å². The molecule has 2 atom stereocenters. The summed E-state index contributed by atoms with van der Waals surface area (Å²) in [4.78, 5) is 8.41. The number of rotatable bonds is 6. The van der Waals surface area contributed by atoms with E-state index < -0.39 is 38.8 Å². The molecule has 1 aromatic carbocycles. The van der Waals surface area contributed by atoms with Crippen LogP contribution in [0.5, 0.6) is 0 Å². The Morgan fingerprint density at radius 3 is 2.30 bits per heavy atom. The monoisotopic (exact) mass is 504 g/mol. The molecule has 0 aliphatic heterocycles. The summed E-state index contributed by atoms with van der Waals surface area (Å²) in [6.45, 7) is 6.59. The van der Waals surface area contributed by atoms with Crippen LogP contribution in [0.1, 0.15) is 49.3 Å². The molecule has 0 aliphatic carbocycles. The number of aryl methyl sites for hydroxylation is 1. The Balaban J connectivity index is 2.34. The molecule has 12 heteroatoms. The number of halogens is 5. The SMILES string of the molecule is Cc1nc(C[C@](N[S@@](=O)C(C)(C)C)(c2cc(F)cc(C(F)(F)F)c2)c2ccc(Cl)cn2)no1. The number of pyridine rings is 1. The molecule has 0 bridgehead atoms. The maximum atomic E-state index is 14.5. The molecule has 0 saturated carbocycles. The zero-order valence-corrected chi connectivity index (χ0v) is 19.7. The first kappa shape index (κ1) is 25.3. The average Bonchev–Trinajstić information content (AvgIpc) is 3.10. The molecule has 178 valence electrons. The van der Waals surface area contributed by atoms with Crippen LogP contribution >= 0.6 is 11.6 Å². The highest BCUT2D eigenvalue weighted by atomic mass is 35.5. The average molecular weight is 505 g/mol. The Bertz CT molecular complexity index is 1160. The Labute approximate surface area is 195 Å². The van der Waals surface area contributed by atoms with E-state index in [1.807, 2.05) is 0 Å². The van der Waals surface area contributed by atoms with Crippen molar-refractivity contribution in [2.75, 3.05) is 0 Å². The molecule has 0 radical (unpaired) electrons. The fraction of sp³-hybridized carbons (Fsp3) is 0.381. The lowest BCUT2D eigenvalue weighted by molar-refractivity contribution is -0.137. The number of benzene rings is 1. The summed E-state index contributed by atoms with van der Waals surface area (Å²) >= 11 is 5.97. The maximum absolute atomic E-state index is 14.5. The van der Waals surface area contributed by atoms with Gasteiger partial charge in [-0.25, -0.2) is 13.3 Å². The highest BCUT2D eigenvalue weighted by molar-refractivity contribution is 7.84. The van der Waals surface area contributed by atoms with Gasteiger partial charge in [-0.05, 0) is 56.7 Å². The predicted molar refractivity (Wildman–Crippen MR) is 115 cm³/mol. The van der Waals surface area contributed by atoms with Crippen molar-refractivity contribution in [2.24, 2.45) is 0 Å². The second kappa shape index (κ2) is 9.11. The molecule has 0 amide bonds. The van der Waals surface area contributed by atoms with Crippen molar-refractivity contribution in [1.82, 2.24) is 19.8 Å². The number of hydrogen-bond acceptors (Lipinski definition) is 5. The lowest BCUT2D eigenvalue weighted by atomic mass is 9.83. The number of alkyl halides is 3. The molecule has 0 saturated heterocycles. The van der Waals surface area contributed by atoms with Gasteiger partial charge in [0, 0.05) is 19.5 Å². The summed E-state index contributed by atoms with van der Waals surface area (Å²) in [6, 6.07) is 5.05. The van der Waals surface area contributed by atoms with Crippen molar-refractivity contribution in [1.29, 1.82) is 0 Å². The standard InChI is InChI=1S/C21H21ClF4N4O2S/c1-12-28-18(29-32-12)10-20(30-33(31)19(2,3)4,17-6-5-15(22)11-27-17)13-7-14(21(24,25)26)9-16(23)8-13/h5-9,11,30H,10H2,1-4H3/t20-,33-/m0/s1. The van der Waals surface area contributed by atoms with Gasteiger partial charge in [-0.15, -0.1) is 0 Å². The van der Waals surface area contributed by atoms with E-state index in [9.17, 15) is 21.8 Å². The molecule has 6 nitrogen and oxygen atoms in total. The molecule has 0 spiro atoms. The fourth-order valence-electron chi connectivity index (χ4n) is 3.08. The van der Waals surface area contributed by atoms with Gasteiger partial charge in [0.05, 0.1) is 32.0 Å². The number of aromatic nitrogens is 3. The topological polar surface area (TPSA) is 80.9 Å². The molecule has 0 fully saturated rings. The fourth-order valence-corrected chi connectivity index (χ4v) is 4.11. The lowest BCUT2D eigenvalue weighted by Gasteiger charge is -2.36. The van der Waals surface area contributed by atoms with Crippen LogP contribution in [0.2, 0.25) is 5.02 Å². The summed E-state index contributed by atoms with van der Waals surface area (Å²) in [5.74, 6) is -0.804. The van der Waals surface area contributed by atoms with Crippen molar-refractivity contribution in [3.05, 3.63) is 75.9 Å². The van der Waals surface area contributed by atoms with Crippen LogP contribution in [0.4, 0.5) is 17.6 Å². The highest BCUT2D eigenvalue weighted by Crippen LogP contribution is 2.38. The molecule has 1 N–H and O–H groups in total. The second-order valence-corrected chi connectivity index (χ2v) is 10.8. The summed E-state index contributed by atoms with van der Waals surface area (Å²) in [5, 5.41) is 4.11. The zero-order valence-electron chi connectivity index (χ0n) is 18.1. The first-order chi connectivity index (χ1) is 15.2. The molecule has 33 heavy (non-hydrogen) atoms. The Kier molecular flexibility index (Phi) is 6.97. The van der Waals surface area contributed by atoms with Crippen LogP contribution in [-0.2, 0) is 29.1 Å². The van der Waals surface area contributed by atoms with Crippen molar-refractivity contribution in [2.45, 2.75) is 50.6 Å². The Morgan fingerprint density at radius 1 is 1.12 bits per heavy atom. The van der Waals surface area contributed by atoms with Gasteiger partial charge in [0.25, 0.3) is 0 Å². The quantitative estimate of drug-likeness (QED) is 0.471. The van der Waals surface area contributed by atoms with E-state index in [1.165, 1.54) is 18.3 Å².